The number of nitrogens with one attached hydrogen (secondary N) is 1. The topological polar surface area (TPSA) is 76.4 Å². The van der Waals surface area contributed by atoms with E-state index in [4.69, 9.17) is 4.74 Å². The molecule has 6 heteroatoms. The number of nitrogens with zero attached hydrogens (tertiary/aromatic N) is 2. The van der Waals surface area contributed by atoms with Gasteiger partial charge in [0.15, 0.2) is 5.69 Å². The van der Waals surface area contributed by atoms with E-state index in [0.717, 1.165) is 5.69 Å². The molecule has 6 nitrogen and oxygen atoms in total. The maximum absolute atomic E-state index is 11.9. The standard InChI is InChI=1S/C15H19N3O3/c1-21-11-13(19)7-9-16-15(20)14-8-10-18(17-14)12-5-3-2-4-6-12/h2-6,8,10,13,19H,7,9,11H2,1H3,(H,16,20). The smallest absolute Gasteiger partial charge is 0.271 e. The first-order valence-electron chi connectivity index (χ1n) is 6.77. The lowest BCUT2D eigenvalue weighted by Crippen LogP contribution is -2.28. The summed E-state index contributed by atoms with van der Waals surface area (Å²) in [6.07, 6.45) is 1.61. The molecule has 0 saturated carbocycles. The average molecular weight is 289 g/mol. The zero-order valence-corrected chi connectivity index (χ0v) is 11.9. The summed E-state index contributed by atoms with van der Waals surface area (Å²) in [6, 6.07) is 11.2. The number of carbonyl (C=O) groups is 1. The summed E-state index contributed by atoms with van der Waals surface area (Å²) in [5.41, 5.74) is 1.24. The second-order valence-corrected chi connectivity index (χ2v) is 4.63. The van der Waals surface area contributed by atoms with Crippen LogP contribution in [0.2, 0.25) is 0 Å². The van der Waals surface area contributed by atoms with Gasteiger partial charge in [0.2, 0.25) is 0 Å². The van der Waals surface area contributed by atoms with Crippen LogP contribution in [-0.4, -0.2) is 47.2 Å². The van der Waals surface area contributed by atoms with Crippen LogP contribution in [0.15, 0.2) is 42.6 Å². The zero-order chi connectivity index (χ0) is 15.1. The van der Waals surface area contributed by atoms with Gasteiger partial charge in [-0.3, -0.25) is 4.79 Å². The van der Waals surface area contributed by atoms with Crippen molar-refractivity contribution in [2.45, 2.75) is 12.5 Å². The highest BCUT2D eigenvalue weighted by Crippen LogP contribution is 2.06. The van der Waals surface area contributed by atoms with Crippen LogP contribution in [0.1, 0.15) is 16.9 Å². The monoisotopic (exact) mass is 289 g/mol. The van der Waals surface area contributed by atoms with E-state index in [9.17, 15) is 9.90 Å². The maximum atomic E-state index is 11.9. The number of aliphatic hydroxyl groups excluding tert-OH is 1. The minimum absolute atomic E-state index is 0.255. The second-order valence-electron chi connectivity index (χ2n) is 4.63. The van der Waals surface area contributed by atoms with Gasteiger partial charge in [-0.25, -0.2) is 4.68 Å². The SMILES string of the molecule is COCC(O)CCNC(=O)c1ccn(-c2ccccc2)n1. The molecule has 0 aliphatic heterocycles. The molecule has 1 aromatic heterocycles. The van der Waals surface area contributed by atoms with Crippen LogP contribution in [0.25, 0.3) is 5.69 Å². The van der Waals surface area contributed by atoms with Gasteiger partial charge < -0.3 is 15.2 Å². The van der Waals surface area contributed by atoms with Crippen LogP contribution in [0.5, 0.6) is 0 Å². The molecule has 0 radical (unpaired) electrons. The van der Waals surface area contributed by atoms with E-state index in [-0.39, 0.29) is 12.5 Å². The van der Waals surface area contributed by atoms with Gasteiger partial charge in [-0.05, 0) is 24.6 Å². The summed E-state index contributed by atoms with van der Waals surface area (Å²) in [5, 5.41) is 16.4. The molecule has 1 aromatic carbocycles. The summed E-state index contributed by atoms with van der Waals surface area (Å²) in [7, 11) is 1.53. The summed E-state index contributed by atoms with van der Waals surface area (Å²) in [6.45, 7) is 0.639. The number of benzene rings is 1. The van der Waals surface area contributed by atoms with E-state index in [2.05, 4.69) is 10.4 Å². The molecular weight excluding hydrogens is 270 g/mol. The number of aromatic nitrogens is 2. The lowest BCUT2D eigenvalue weighted by Gasteiger charge is -2.09. The van der Waals surface area contributed by atoms with E-state index >= 15 is 0 Å². The molecule has 0 spiro atoms. The average Bonchev–Trinajstić information content (AvgIpc) is 2.98. The van der Waals surface area contributed by atoms with E-state index in [1.54, 1.807) is 16.9 Å². The molecular formula is C15H19N3O3. The zero-order valence-electron chi connectivity index (χ0n) is 11.9. The highest BCUT2D eigenvalue weighted by molar-refractivity contribution is 5.92. The minimum Gasteiger partial charge on any atom is -0.391 e. The highest BCUT2D eigenvalue weighted by atomic mass is 16.5. The number of methoxy groups -OCH3 is 1. The molecule has 21 heavy (non-hydrogen) atoms. The summed E-state index contributed by atoms with van der Waals surface area (Å²) >= 11 is 0. The Morgan fingerprint density at radius 1 is 1.38 bits per heavy atom. The third kappa shape index (κ3) is 4.40. The molecule has 1 atom stereocenters. The predicted octanol–water partition coefficient (Wildman–Crippen LogP) is 0.999. The molecule has 1 heterocycles. The molecule has 2 aromatic rings. The Balaban J connectivity index is 1.88. The van der Waals surface area contributed by atoms with Gasteiger partial charge in [0.05, 0.1) is 18.4 Å². The van der Waals surface area contributed by atoms with Gasteiger partial charge in [0.1, 0.15) is 0 Å². The van der Waals surface area contributed by atoms with Crippen molar-refractivity contribution < 1.29 is 14.6 Å². The number of aliphatic hydroxyl groups is 1. The van der Waals surface area contributed by atoms with Gasteiger partial charge >= 0.3 is 0 Å². The van der Waals surface area contributed by atoms with Crippen molar-refractivity contribution in [2.75, 3.05) is 20.3 Å². The van der Waals surface area contributed by atoms with Crippen LogP contribution in [0.4, 0.5) is 0 Å². The molecule has 0 aliphatic carbocycles. The third-order valence-corrected chi connectivity index (χ3v) is 2.96. The fourth-order valence-electron chi connectivity index (χ4n) is 1.89. The van der Waals surface area contributed by atoms with Gasteiger partial charge in [0, 0.05) is 19.9 Å². The quantitative estimate of drug-likeness (QED) is 0.797. The molecule has 112 valence electrons. The first-order valence-corrected chi connectivity index (χ1v) is 6.77. The van der Waals surface area contributed by atoms with Crippen LogP contribution in [0.3, 0.4) is 0 Å². The van der Waals surface area contributed by atoms with E-state index in [1.807, 2.05) is 30.3 Å². The molecule has 2 N–H and O–H groups in total. The largest absolute Gasteiger partial charge is 0.391 e. The predicted molar refractivity (Wildman–Crippen MR) is 78.4 cm³/mol. The van der Waals surface area contributed by atoms with Crippen molar-refractivity contribution in [1.29, 1.82) is 0 Å². The molecule has 1 amide bonds. The van der Waals surface area contributed by atoms with Crippen LogP contribution in [0, 0.1) is 0 Å². The maximum Gasteiger partial charge on any atom is 0.271 e. The van der Waals surface area contributed by atoms with Crippen LogP contribution in [-0.2, 0) is 4.74 Å². The fourth-order valence-corrected chi connectivity index (χ4v) is 1.89. The molecule has 0 bridgehead atoms. The van der Waals surface area contributed by atoms with Crippen molar-refractivity contribution in [1.82, 2.24) is 15.1 Å². The number of hydrogen-bond acceptors (Lipinski definition) is 4. The van der Waals surface area contributed by atoms with Crippen molar-refractivity contribution in [3.8, 4) is 5.69 Å². The third-order valence-electron chi connectivity index (χ3n) is 2.96. The van der Waals surface area contributed by atoms with Gasteiger partial charge in [-0.1, -0.05) is 18.2 Å². The summed E-state index contributed by atoms with van der Waals surface area (Å²) in [4.78, 5) is 11.9. The summed E-state index contributed by atoms with van der Waals surface area (Å²) in [5.74, 6) is -0.255. The van der Waals surface area contributed by atoms with Crippen molar-refractivity contribution in [3.05, 3.63) is 48.3 Å². The van der Waals surface area contributed by atoms with E-state index in [0.29, 0.717) is 18.7 Å². The molecule has 2 rings (SSSR count). The normalized spacial score (nSPS) is 12.1. The molecule has 1 unspecified atom stereocenters. The number of ether oxygens (including phenoxy) is 1. The second kappa shape index (κ2) is 7.56. The van der Waals surface area contributed by atoms with Gasteiger partial charge in [0.25, 0.3) is 5.91 Å². The van der Waals surface area contributed by atoms with Crippen LogP contribution < -0.4 is 5.32 Å². The number of carbonyl (C=O) groups excluding carboxylic acids is 1. The Labute approximate surface area is 123 Å². The van der Waals surface area contributed by atoms with Gasteiger partial charge in [-0.2, -0.15) is 5.10 Å². The van der Waals surface area contributed by atoms with Crippen LogP contribution >= 0.6 is 0 Å². The van der Waals surface area contributed by atoms with Crippen molar-refractivity contribution in [2.24, 2.45) is 0 Å². The Morgan fingerprint density at radius 2 is 2.14 bits per heavy atom. The summed E-state index contributed by atoms with van der Waals surface area (Å²) < 4.78 is 6.47. The fraction of sp³-hybridized carbons (Fsp3) is 0.333. The molecule has 0 saturated heterocycles. The first kappa shape index (κ1) is 15.2. The number of rotatable bonds is 7. The number of hydrogen-bond donors (Lipinski definition) is 2. The Hall–Kier alpha value is -2.18. The van der Waals surface area contributed by atoms with E-state index in [1.165, 1.54) is 7.11 Å². The Kier molecular flexibility index (Phi) is 5.48. The Morgan fingerprint density at radius 3 is 2.86 bits per heavy atom. The number of para-hydroxylation sites is 1. The minimum atomic E-state index is -0.572. The van der Waals surface area contributed by atoms with Crippen molar-refractivity contribution >= 4 is 5.91 Å². The Bertz CT molecular complexity index is 569. The van der Waals surface area contributed by atoms with Gasteiger partial charge in [-0.15, -0.1) is 0 Å². The van der Waals surface area contributed by atoms with Crippen molar-refractivity contribution in [3.63, 3.8) is 0 Å². The lowest BCUT2D eigenvalue weighted by molar-refractivity contribution is 0.0587. The van der Waals surface area contributed by atoms with E-state index < -0.39 is 6.10 Å². The molecule has 0 fully saturated rings. The molecule has 0 aliphatic rings. The first-order chi connectivity index (χ1) is 10.2. The highest BCUT2D eigenvalue weighted by Gasteiger charge is 2.10. The lowest BCUT2D eigenvalue weighted by atomic mass is 10.2. The number of amides is 1.